The van der Waals surface area contributed by atoms with Crippen molar-refractivity contribution in [3.63, 3.8) is 0 Å². The molecule has 1 heterocycles. The summed E-state index contributed by atoms with van der Waals surface area (Å²) in [6.07, 6.45) is 1.72. The van der Waals surface area contributed by atoms with Crippen LogP contribution in [0.3, 0.4) is 0 Å². The second kappa shape index (κ2) is 6.21. The van der Waals surface area contributed by atoms with E-state index in [0.717, 1.165) is 19.4 Å². The van der Waals surface area contributed by atoms with Gasteiger partial charge in [0.2, 0.25) is 15.9 Å². The smallest absolute Gasteiger partial charge is 0.248 e. The number of benzene rings is 1. The predicted molar refractivity (Wildman–Crippen MR) is 78.9 cm³/mol. The largest absolute Gasteiger partial charge is 0.366 e. The molecule has 0 bridgehead atoms. The van der Waals surface area contributed by atoms with Gasteiger partial charge in [-0.2, -0.15) is 0 Å². The molecule has 0 aromatic heterocycles. The zero-order valence-corrected chi connectivity index (χ0v) is 13.1. The van der Waals surface area contributed by atoms with E-state index in [-0.39, 0.29) is 16.5 Å². The van der Waals surface area contributed by atoms with E-state index in [0.29, 0.717) is 11.0 Å². The van der Waals surface area contributed by atoms with Crippen molar-refractivity contribution in [3.8, 4) is 0 Å². The summed E-state index contributed by atoms with van der Waals surface area (Å²) in [4.78, 5) is 11.2. The van der Waals surface area contributed by atoms with Gasteiger partial charge in [-0.05, 0) is 37.6 Å². The average molecular weight is 362 g/mol. The van der Waals surface area contributed by atoms with Crippen molar-refractivity contribution < 1.29 is 13.2 Å². The molecule has 1 amide bonds. The molecule has 1 atom stereocenters. The quantitative estimate of drug-likeness (QED) is 0.729. The van der Waals surface area contributed by atoms with Crippen molar-refractivity contribution >= 4 is 31.9 Å². The lowest BCUT2D eigenvalue weighted by Gasteiger charge is -2.23. The molecule has 2 rings (SSSR count). The number of piperidine rings is 1. The number of halogens is 1. The van der Waals surface area contributed by atoms with E-state index in [2.05, 4.69) is 26.0 Å². The first kappa shape index (κ1) is 15.4. The number of carbonyl (C=O) groups is 1. The summed E-state index contributed by atoms with van der Waals surface area (Å²) >= 11 is 3.19. The maximum absolute atomic E-state index is 12.3. The molecule has 1 aliphatic rings. The molecule has 1 fully saturated rings. The molecule has 20 heavy (non-hydrogen) atoms. The maximum Gasteiger partial charge on any atom is 0.248 e. The Bertz CT molecular complexity index is 612. The van der Waals surface area contributed by atoms with E-state index >= 15 is 0 Å². The number of hydrogen-bond donors (Lipinski definition) is 3. The SMILES string of the molecule is NC(=O)c1cc(Br)cc(S(=O)(=O)N[C@H]2CCCNC2)c1. The van der Waals surface area contributed by atoms with Crippen LogP contribution in [0.25, 0.3) is 0 Å². The Morgan fingerprint density at radius 3 is 2.75 bits per heavy atom. The fourth-order valence-electron chi connectivity index (χ4n) is 2.10. The van der Waals surface area contributed by atoms with Crippen LogP contribution in [-0.4, -0.2) is 33.5 Å². The first-order valence-electron chi connectivity index (χ1n) is 6.22. The Labute approximate surface area is 126 Å². The van der Waals surface area contributed by atoms with E-state index in [4.69, 9.17) is 5.73 Å². The average Bonchev–Trinajstić information content (AvgIpc) is 2.38. The van der Waals surface area contributed by atoms with Gasteiger partial charge in [0, 0.05) is 22.6 Å². The summed E-state index contributed by atoms with van der Waals surface area (Å²) in [5, 5.41) is 3.14. The Balaban J connectivity index is 2.26. The molecule has 0 radical (unpaired) electrons. The lowest BCUT2D eigenvalue weighted by atomic mass is 10.1. The molecule has 0 aliphatic carbocycles. The molecule has 8 heteroatoms. The number of hydrogen-bond acceptors (Lipinski definition) is 4. The van der Waals surface area contributed by atoms with E-state index in [1.807, 2.05) is 0 Å². The molecule has 0 unspecified atom stereocenters. The third-order valence-electron chi connectivity index (χ3n) is 3.08. The van der Waals surface area contributed by atoms with Crippen LogP contribution in [0.4, 0.5) is 0 Å². The highest BCUT2D eigenvalue weighted by molar-refractivity contribution is 9.10. The highest BCUT2D eigenvalue weighted by Gasteiger charge is 2.22. The third-order valence-corrected chi connectivity index (χ3v) is 5.04. The summed E-state index contributed by atoms with van der Waals surface area (Å²) < 4.78 is 27.8. The van der Waals surface area contributed by atoms with Crippen LogP contribution in [0, 0.1) is 0 Å². The summed E-state index contributed by atoms with van der Waals surface area (Å²) in [7, 11) is -3.67. The van der Waals surface area contributed by atoms with E-state index in [9.17, 15) is 13.2 Å². The molecule has 1 aromatic carbocycles. The van der Waals surface area contributed by atoms with E-state index in [1.54, 1.807) is 0 Å². The summed E-state index contributed by atoms with van der Waals surface area (Å²) in [6.45, 7) is 1.51. The fraction of sp³-hybridized carbons (Fsp3) is 0.417. The Hall–Kier alpha value is -0.960. The first-order valence-corrected chi connectivity index (χ1v) is 8.49. The topological polar surface area (TPSA) is 101 Å². The van der Waals surface area contributed by atoms with Crippen molar-refractivity contribution in [2.45, 2.75) is 23.8 Å². The van der Waals surface area contributed by atoms with Gasteiger partial charge in [0.1, 0.15) is 0 Å². The second-order valence-electron chi connectivity index (χ2n) is 4.70. The molecule has 0 saturated carbocycles. The summed E-state index contributed by atoms with van der Waals surface area (Å²) in [6, 6.07) is 4.09. The summed E-state index contributed by atoms with van der Waals surface area (Å²) in [5.41, 5.74) is 5.35. The Morgan fingerprint density at radius 2 is 2.15 bits per heavy atom. The van der Waals surface area contributed by atoms with Crippen LogP contribution in [-0.2, 0) is 10.0 Å². The zero-order valence-electron chi connectivity index (χ0n) is 10.7. The number of amides is 1. The lowest BCUT2D eigenvalue weighted by molar-refractivity contribution is 0.1000. The van der Waals surface area contributed by atoms with Crippen molar-refractivity contribution in [2.75, 3.05) is 13.1 Å². The highest BCUT2D eigenvalue weighted by Crippen LogP contribution is 2.20. The van der Waals surface area contributed by atoms with Gasteiger partial charge in [-0.15, -0.1) is 0 Å². The van der Waals surface area contributed by atoms with Gasteiger partial charge in [0.25, 0.3) is 0 Å². The molecular weight excluding hydrogens is 346 g/mol. The van der Waals surface area contributed by atoms with Gasteiger partial charge in [0.15, 0.2) is 0 Å². The second-order valence-corrected chi connectivity index (χ2v) is 7.33. The number of rotatable bonds is 4. The third kappa shape index (κ3) is 3.78. The van der Waals surface area contributed by atoms with Crippen LogP contribution in [0.15, 0.2) is 27.6 Å². The van der Waals surface area contributed by atoms with Crippen molar-refractivity contribution in [1.29, 1.82) is 0 Å². The first-order chi connectivity index (χ1) is 9.38. The van der Waals surface area contributed by atoms with Crippen molar-refractivity contribution in [1.82, 2.24) is 10.0 Å². The molecule has 0 spiro atoms. The predicted octanol–water partition coefficient (Wildman–Crippen LogP) is 0.578. The van der Waals surface area contributed by atoms with Crippen LogP contribution < -0.4 is 15.8 Å². The standard InChI is InChI=1S/C12H16BrN3O3S/c13-9-4-8(12(14)17)5-11(6-9)20(18,19)16-10-2-1-3-15-7-10/h4-6,10,15-16H,1-3,7H2,(H2,14,17)/t10-/m0/s1. The molecule has 110 valence electrons. The number of nitrogens with one attached hydrogen (secondary N) is 2. The van der Waals surface area contributed by atoms with Gasteiger partial charge >= 0.3 is 0 Å². The molecule has 6 nitrogen and oxygen atoms in total. The number of carbonyl (C=O) groups excluding carboxylic acids is 1. The van der Waals surface area contributed by atoms with Crippen molar-refractivity contribution in [3.05, 3.63) is 28.2 Å². The highest BCUT2D eigenvalue weighted by atomic mass is 79.9. The minimum absolute atomic E-state index is 0.0336. The monoisotopic (exact) mass is 361 g/mol. The van der Waals surface area contributed by atoms with Crippen LogP contribution >= 0.6 is 15.9 Å². The van der Waals surface area contributed by atoms with Gasteiger partial charge in [-0.3, -0.25) is 4.79 Å². The van der Waals surface area contributed by atoms with Gasteiger partial charge in [-0.1, -0.05) is 15.9 Å². The zero-order chi connectivity index (χ0) is 14.8. The summed E-state index contributed by atoms with van der Waals surface area (Å²) in [5.74, 6) is -0.665. The van der Waals surface area contributed by atoms with Gasteiger partial charge in [0.05, 0.1) is 4.90 Å². The number of sulfonamides is 1. The van der Waals surface area contributed by atoms with Gasteiger partial charge < -0.3 is 11.1 Å². The fourth-order valence-corrected chi connectivity index (χ4v) is 4.09. The molecular formula is C12H16BrN3O3S. The Kier molecular flexibility index (Phi) is 4.79. The molecule has 1 aliphatic heterocycles. The maximum atomic E-state index is 12.3. The van der Waals surface area contributed by atoms with Gasteiger partial charge in [-0.25, -0.2) is 13.1 Å². The van der Waals surface area contributed by atoms with Crippen LogP contribution in [0.5, 0.6) is 0 Å². The number of primary amides is 1. The van der Waals surface area contributed by atoms with E-state index < -0.39 is 15.9 Å². The minimum atomic E-state index is -3.67. The lowest BCUT2D eigenvalue weighted by Crippen LogP contribution is -2.45. The van der Waals surface area contributed by atoms with E-state index in [1.165, 1.54) is 18.2 Å². The minimum Gasteiger partial charge on any atom is -0.366 e. The van der Waals surface area contributed by atoms with Crippen LogP contribution in [0.2, 0.25) is 0 Å². The molecule has 4 N–H and O–H groups in total. The van der Waals surface area contributed by atoms with Crippen molar-refractivity contribution in [2.24, 2.45) is 5.73 Å². The number of nitrogens with two attached hydrogens (primary N) is 1. The molecule has 1 saturated heterocycles. The normalized spacial score (nSPS) is 19.8. The molecule has 1 aromatic rings. The van der Waals surface area contributed by atoms with Crippen LogP contribution in [0.1, 0.15) is 23.2 Å². The Morgan fingerprint density at radius 1 is 1.40 bits per heavy atom.